The molecule has 4 heteroatoms. The lowest BCUT2D eigenvalue weighted by Crippen LogP contribution is -2.47. The fourth-order valence-corrected chi connectivity index (χ4v) is 5.04. The van der Waals surface area contributed by atoms with E-state index in [1.165, 1.54) is 12.5 Å². The largest absolute Gasteiger partial charge is 0.458 e. The van der Waals surface area contributed by atoms with Crippen LogP contribution in [0.1, 0.15) is 72.6 Å². The predicted octanol–water partition coefficient (Wildman–Crippen LogP) is 4.73. The van der Waals surface area contributed by atoms with Gasteiger partial charge in [0.2, 0.25) is 0 Å². The average molecular weight is 360 g/mol. The third kappa shape index (κ3) is 3.35. The van der Waals surface area contributed by atoms with Crippen molar-refractivity contribution in [2.45, 2.75) is 84.3 Å². The number of ether oxygens (including phenoxy) is 2. The average Bonchev–Trinajstić information content (AvgIpc) is 2.71. The Morgan fingerprint density at radius 3 is 2.73 bits per heavy atom. The molecule has 1 aliphatic carbocycles. The maximum absolute atomic E-state index is 12.8. The molecule has 2 fully saturated rings. The van der Waals surface area contributed by atoms with E-state index in [-0.39, 0.29) is 17.4 Å². The summed E-state index contributed by atoms with van der Waals surface area (Å²) in [7, 11) is 0. The van der Waals surface area contributed by atoms with E-state index in [9.17, 15) is 9.59 Å². The molecule has 0 unspecified atom stereocenters. The van der Waals surface area contributed by atoms with Gasteiger partial charge in [0.05, 0.1) is 0 Å². The number of hydrogen-bond donors (Lipinski definition) is 0. The Hall–Kier alpha value is -1.58. The van der Waals surface area contributed by atoms with E-state index in [1.807, 2.05) is 13.0 Å². The van der Waals surface area contributed by atoms with Crippen LogP contribution in [0.2, 0.25) is 0 Å². The van der Waals surface area contributed by atoms with Crippen LogP contribution in [0.3, 0.4) is 0 Å². The van der Waals surface area contributed by atoms with Gasteiger partial charge < -0.3 is 9.47 Å². The summed E-state index contributed by atoms with van der Waals surface area (Å²) in [4.78, 5) is 24.6. The van der Waals surface area contributed by atoms with Crippen LogP contribution in [0.5, 0.6) is 0 Å². The van der Waals surface area contributed by atoms with Crippen molar-refractivity contribution < 1.29 is 19.1 Å². The smallest absolute Gasteiger partial charge is 0.334 e. The first kappa shape index (κ1) is 19.2. The summed E-state index contributed by atoms with van der Waals surface area (Å²) in [6.45, 7) is 12.4. The first-order valence-corrected chi connectivity index (χ1v) is 9.94. The first-order chi connectivity index (χ1) is 12.2. The zero-order valence-electron chi connectivity index (χ0n) is 16.6. The molecule has 4 bridgehead atoms. The predicted molar refractivity (Wildman–Crippen MR) is 100 cm³/mol. The number of fused-ring (bicyclic) bond motifs is 5. The molecule has 3 aliphatic rings. The third-order valence-corrected chi connectivity index (χ3v) is 7.28. The van der Waals surface area contributed by atoms with E-state index >= 15 is 0 Å². The summed E-state index contributed by atoms with van der Waals surface area (Å²) in [6.07, 6.45) is 7.54. The molecule has 1 saturated heterocycles. The molecule has 0 aromatic heterocycles. The SMILES string of the molecule is C=C1[C@H]2CC[C@@H](C)[C@]1(C)CCC1=CCC[C@](C)(OC1=O)[C@H](OC(C)=O)C2. The van der Waals surface area contributed by atoms with Gasteiger partial charge in [0.1, 0.15) is 11.7 Å². The first-order valence-electron chi connectivity index (χ1n) is 9.94. The summed E-state index contributed by atoms with van der Waals surface area (Å²) in [5.41, 5.74) is 1.24. The number of allylic oxidation sites excluding steroid dienone is 2. The Kier molecular flexibility index (Phi) is 5.06. The molecule has 4 nitrogen and oxygen atoms in total. The lowest BCUT2D eigenvalue weighted by Gasteiger charge is -2.47. The van der Waals surface area contributed by atoms with Gasteiger partial charge in [0, 0.05) is 12.5 Å². The van der Waals surface area contributed by atoms with Crippen LogP contribution in [0.15, 0.2) is 23.8 Å². The van der Waals surface area contributed by atoms with Gasteiger partial charge in [0.25, 0.3) is 0 Å². The van der Waals surface area contributed by atoms with Gasteiger partial charge in [-0.15, -0.1) is 0 Å². The molecule has 0 radical (unpaired) electrons. The standard InChI is InChI=1S/C22H32O4/c1-14-8-9-18-13-19(25-16(3)23)22(5)11-6-7-17(20(24)26-22)10-12-21(14,4)15(18)2/h7,14,18-19H,2,6,8-13H2,1,3-5H3/t14-,18+,19-,21+,22+/m1/s1. The van der Waals surface area contributed by atoms with Crippen molar-refractivity contribution in [3.05, 3.63) is 23.8 Å². The van der Waals surface area contributed by atoms with Gasteiger partial charge in [-0.3, -0.25) is 4.79 Å². The van der Waals surface area contributed by atoms with Crippen molar-refractivity contribution >= 4 is 11.9 Å². The summed E-state index contributed by atoms with van der Waals surface area (Å²) in [6, 6.07) is 0. The fraction of sp³-hybridized carbons (Fsp3) is 0.727. The maximum atomic E-state index is 12.8. The van der Waals surface area contributed by atoms with Crippen molar-refractivity contribution in [2.75, 3.05) is 0 Å². The molecular formula is C22H32O4. The molecule has 2 heterocycles. The summed E-state index contributed by atoms with van der Waals surface area (Å²) >= 11 is 0. The number of carbonyl (C=O) groups is 2. The van der Waals surface area contributed by atoms with E-state index in [0.29, 0.717) is 24.7 Å². The molecule has 0 aromatic carbocycles. The molecule has 0 spiro atoms. The molecule has 0 aromatic rings. The second-order valence-corrected chi connectivity index (χ2v) is 8.92. The van der Waals surface area contributed by atoms with Gasteiger partial charge >= 0.3 is 11.9 Å². The normalized spacial score (nSPS) is 40.8. The van der Waals surface area contributed by atoms with Crippen LogP contribution < -0.4 is 0 Å². The highest BCUT2D eigenvalue weighted by atomic mass is 16.6. The summed E-state index contributed by atoms with van der Waals surface area (Å²) < 4.78 is 11.7. The monoisotopic (exact) mass is 360 g/mol. The zero-order chi connectivity index (χ0) is 19.1. The van der Waals surface area contributed by atoms with Crippen LogP contribution >= 0.6 is 0 Å². The van der Waals surface area contributed by atoms with Crippen LogP contribution in [0.25, 0.3) is 0 Å². The minimum atomic E-state index is -0.787. The topological polar surface area (TPSA) is 52.6 Å². The van der Waals surface area contributed by atoms with Crippen LogP contribution in [-0.2, 0) is 19.1 Å². The molecule has 5 atom stereocenters. The summed E-state index contributed by atoms with van der Waals surface area (Å²) in [5, 5.41) is 0. The van der Waals surface area contributed by atoms with Gasteiger partial charge in [-0.25, -0.2) is 4.79 Å². The molecule has 1 saturated carbocycles. The Morgan fingerprint density at radius 2 is 2.04 bits per heavy atom. The van der Waals surface area contributed by atoms with E-state index in [4.69, 9.17) is 9.47 Å². The van der Waals surface area contributed by atoms with Gasteiger partial charge in [-0.1, -0.05) is 32.1 Å². The van der Waals surface area contributed by atoms with E-state index in [0.717, 1.165) is 37.7 Å². The van der Waals surface area contributed by atoms with Crippen LogP contribution in [0, 0.1) is 17.3 Å². The number of hydrogen-bond acceptors (Lipinski definition) is 4. The highest BCUT2D eigenvalue weighted by molar-refractivity contribution is 5.89. The lowest BCUT2D eigenvalue weighted by atomic mass is 9.58. The maximum Gasteiger partial charge on any atom is 0.334 e. The van der Waals surface area contributed by atoms with Crippen molar-refractivity contribution in [3.8, 4) is 0 Å². The molecular weight excluding hydrogens is 328 g/mol. The molecule has 0 amide bonds. The van der Waals surface area contributed by atoms with Crippen molar-refractivity contribution in [3.63, 3.8) is 0 Å². The number of carbonyl (C=O) groups excluding carboxylic acids is 2. The van der Waals surface area contributed by atoms with E-state index in [1.54, 1.807) is 0 Å². The van der Waals surface area contributed by atoms with Gasteiger partial charge in [0.15, 0.2) is 0 Å². The Bertz CT molecular complexity index is 649. The van der Waals surface area contributed by atoms with E-state index in [2.05, 4.69) is 20.4 Å². The fourth-order valence-electron chi connectivity index (χ4n) is 5.04. The van der Waals surface area contributed by atoms with Crippen LogP contribution in [0.4, 0.5) is 0 Å². The second kappa shape index (κ2) is 6.86. The Morgan fingerprint density at radius 1 is 1.31 bits per heavy atom. The van der Waals surface area contributed by atoms with Crippen molar-refractivity contribution in [1.82, 2.24) is 0 Å². The molecule has 144 valence electrons. The second-order valence-electron chi connectivity index (χ2n) is 8.92. The Labute approximate surface area is 157 Å². The van der Waals surface area contributed by atoms with Crippen LogP contribution in [-0.4, -0.2) is 23.6 Å². The van der Waals surface area contributed by atoms with E-state index < -0.39 is 11.7 Å². The van der Waals surface area contributed by atoms with Gasteiger partial charge in [-0.2, -0.15) is 0 Å². The highest BCUT2D eigenvalue weighted by Gasteiger charge is 2.48. The molecule has 2 aliphatic heterocycles. The molecule has 26 heavy (non-hydrogen) atoms. The summed E-state index contributed by atoms with van der Waals surface area (Å²) in [5.74, 6) is 0.256. The minimum absolute atomic E-state index is 0.00298. The third-order valence-electron chi connectivity index (χ3n) is 7.28. The van der Waals surface area contributed by atoms with Crippen molar-refractivity contribution in [1.29, 1.82) is 0 Å². The zero-order valence-corrected chi connectivity index (χ0v) is 16.6. The molecule has 3 rings (SSSR count). The lowest BCUT2D eigenvalue weighted by molar-refractivity contribution is -0.182. The number of rotatable bonds is 1. The van der Waals surface area contributed by atoms with Gasteiger partial charge in [-0.05, 0) is 69.1 Å². The highest BCUT2D eigenvalue weighted by Crippen LogP contribution is 2.52. The van der Waals surface area contributed by atoms with Crippen molar-refractivity contribution in [2.24, 2.45) is 17.3 Å². The number of esters is 2. The quantitative estimate of drug-likeness (QED) is 0.501. The minimum Gasteiger partial charge on any atom is -0.458 e. The molecule has 0 N–H and O–H groups in total. The Balaban J connectivity index is 2.04.